The molecular weight excluding hydrogens is 515 g/mol. The Bertz CT molecular complexity index is 1200. The number of halogens is 2. The van der Waals surface area contributed by atoms with Gasteiger partial charge in [0.25, 0.3) is 5.91 Å². The fraction of sp³-hybridized carbons (Fsp3) is 0.286. The summed E-state index contributed by atoms with van der Waals surface area (Å²) in [6.45, 7) is 4.33. The van der Waals surface area contributed by atoms with Crippen molar-refractivity contribution in [1.82, 2.24) is 5.32 Å². The zero-order valence-corrected chi connectivity index (χ0v) is 22.1. The second kappa shape index (κ2) is 13.3. The minimum Gasteiger partial charge on any atom is -0.491 e. The normalized spacial score (nSPS) is 13.3. The molecule has 0 aliphatic carbocycles. The van der Waals surface area contributed by atoms with E-state index in [1.54, 1.807) is 36.4 Å². The predicted octanol–water partition coefficient (Wildman–Crippen LogP) is 5.74. The number of amides is 1. The maximum Gasteiger partial charge on any atom is 0.334 e. The second-order valence-electron chi connectivity index (χ2n) is 8.74. The SMILES string of the molecule is CC[C@H](C)[C@@H](COc1ccc(-c2ccc(Cl)cc2Cl)cc1)Nc1ccc(C(=O)NC[C@@H](O)C(=O)O)cc1. The summed E-state index contributed by atoms with van der Waals surface area (Å²) in [5.74, 6) is -0.802. The molecule has 3 aromatic carbocycles. The molecule has 0 aliphatic heterocycles. The molecule has 0 unspecified atom stereocenters. The van der Waals surface area contributed by atoms with Gasteiger partial charge in [0.1, 0.15) is 12.4 Å². The lowest BCUT2D eigenvalue weighted by Crippen LogP contribution is -2.36. The Hall–Kier alpha value is -3.26. The number of aliphatic hydroxyl groups excluding tert-OH is 1. The van der Waals surface area contributed by atoms with Gasteiger partial charge in [-0.3, -0.25) is 4.79 Å². The van der Waals surface area contributed by atoms with Crippen LogP contribution in [0.1, 0.15) is 30.6 Å². The topological polar surface area (TPSA) is 108 Å². The summed E-state index contributed by atoms with van der Waals surface area (Å²) in [5.41, 5.74) is 3.04. The van der Waals surface area contributed by atoms with Gasteiger partial charge in [-0.1, -0.05) is 61.7 Å². The van der Waals surface area contributed by atoms with E-state index < -0.39 is 18.0 Å². The van der Waals surface area contributed by atoms with E-state index in [1.165, 1.54) is 0 Å². The van der Waals surface area contributed by atoms with E-state index in [0.29, 0.717) is 28.1 Å². The minimum absolute atomic E-state index is 0.0146. The van der Waals surface area contributed by atoms with Crippen LogP contribution in [-0.4, -0.2) is 47.4 Å². The van der Waals surface area contributed by atoms with Crippen molar-refractivity contribution < 1.29 is 24.5 Å². The molecule has 0 heterocycles. The molecule has 7 nitrogen and oxygen atoms in total. The third-order valence-electron chi connectivity index (χ3n) is 6.10. The summed E-state index contributed by atoms with van der Waals surface area (Å²) < 4.78 is 6.09. The smallest absolute Gasteiger partial charge is 0.334 e. The molecule has 0 fully saturated rings. The molecule has 0 radical (unpaired) electrons. The van der Waals surface area contributed by atoms with Gasteiger partial charge in [0.15, 0.2) is 6.10 Å². The van der Waals surface area contributed by atoms with E-state index >= 15 is 0 Å². The van der Waals surface area contributed by atoms with Crippen molar-refractivity contribution in [3.63, 3.8) is 0 Å². The fourth-order valence-corrected chi connectivity index (χ4v) is 4.10. The molecule has 4 N–H and O–H groups in total. The van der Waals surface area contributed by atoms with Gasteiger partial charge in [0.05, 0.1) is 12.6 Å². The Morgan fingerprint density at radius 1 is 1.00 bits per heavy atom. The number of ether oxygens (including phenoxy) is 1. The Labute approximate surface area is 226 Å². The highest BCUT2D eigenvalue weighted by atomic mass is 35.5. The molecule has 3 aromatic rings. The first-order valence-electron chi connectivity index (χ1n) is 11.9. The van der Waals surface area contributed by atoms with Crippen LogP contribution in [-0.2, 0) is 4.79 Å². The summed E-state index contributed by atoms with van der Waals surface area (Å²) in [6, 6.07) is 20.0. The summed E-state index contributed by atoms with van der Waals surface area (Å²) >= 11 is 12.3. The highest BCUT2D eigenvalue weighted by molar-refractivity contribution is 6.36. The Kier molecular flexibility index (Phi) is 10.2. The number of aliphatic hydroxyl groups is 1. The maximum absolute atomic E-state index is 12.2. The van der Waals surface area contributed by atoms with Gasteiger partial charge in [0, 0.05) is 26.9 Å². The van der Waals surface area contributed by atoms with E-state index in [1.807, 2.05) is 30.3 Å². The number of carbonyl (C=O) groups is 2. The number of anilines is 1. The van der Waals surface area contributed by atoms with Gasteiger partial charge in [-0.2, -0.15) is 0 Å². The molecule has 0 bridgehead atoms. The Morgan fingerprint density at radius 2 is 1.68 bits per heavy atom. The van der Waals surface area contributed by atoms with E-state index in [-0.39, 0.29) is 12.6 Å². The van der Waals surface area contributed by atoms with Crippen molar-refractivity contribution in [2.75, 3.05) is 18.5 Å². The molecule has 196 valence electrons. The van der Waals surface area contributed by atoms with Crippen molar-refractivity contribution in [1.29, 1.82) is 0 Å². The highest BCUT2D eigenvalue weighted by Crippen LogP contribution is 2.31. The van der Waals surface area contributed by atoms with Gasteiger partial charge in [-0.25, -0.2) is 4.79 Å². The van der Waals surface area contributed by atoms with Crippen LogP contribution in [0.15, 0.2) is 66.7 Å². The number of hydrogen-bond acceptors (Lipinski definition) is 5. The molecule has 0 aliphatic rings. The lowest BCUT2D eigenvalue weighted by atomic mass is 9.99. The average Bonchev–Trinajstić information content (AvgIpc) is 2.89. The molecule has 1 amide bonds. The Balaban J connectivity index is 1.60. The average molecular weight is 545 g/mol. The first-order valence-corrected chi connectivity index (χ1v) is 12.7. The largest absolute Gasteiger partial charge is 0.491 e. The second-order valence-corrected chi connectivity index (χ2v) is 9.58. The molecule has 0 saturated carbocycles. The summed E-state index contributed by atoms with van der Waals surface area (Å²) in [7, 11) is 0. The Morgan fingerprint density at radius 3 is 2.27 bits per heavy atom. The quantitative estimate of drug-likeness (QED) is 0.231. The number of carboxylic acids is 1. The van der Waals surface area contributed by atoms with Crippen LogP contribution in [0.5, 0.6) is 5.75 Å². The standard InChI is InChI=1S/C28H30Cl2N2O5/c1-3-17(2)25(32-21-9-4-19(5-10-21)27(34)31-15-26(33)28(35)36)16-37-22-11-6-18(7-12-22)23-13-8-20(29)14-24(23)30/h4-14,17,25-26,32-33H,3,15-16H2,1-2H3,(H,31,34)(H,35,36)/t17-,25+,26+/m0/s1. The van der Waals surface area contributed by atoms with Crippen LogP contribution in [0.3, 0.4) is 0 Å². The predicted molar refractivity (Wildman–Crippen MR) is 147 cm³/mol. The van der Waals surface area contributed by atoms with Crippen LogP contribution in [0.25, 0.3) is 11.1 Å². The zero-order valence-electron chi connectivity index (χ0n) is 20.6. The summed E-state index contributed by atoms with van der Waals surface area (Å²) in [4.78, 5) is 22.9. The number of benzene rings is 3. The van der Waals surface area contributed by atoms with E-state index in [0.717, 1.165) is 29.0 Å². The molecule has 3 atom stereocenters. The van der Waals surface area contributed by atoms with Crippen molar-refractivity contribution in [2.24, 2.45) is 5.92 Å². The van der Waals surface area contributed by atoms with Gasteiger partial charge < -0.3 is 25.6 Å². The van der Waals surface area contributed by atoms with Crippen molar-refractivity contribution in [2.45, 2.75) is 32.4 Å². The van der Waals surface area contributed by atoms with Gasteiger partial charge in [-0.05, 0) is 60.0 Å². The number of hydrogen-bond donors (Lipinski definition) is 4. The van der Waals surface area contributed by atoms with E-state index in [4.69, 9.17) is 33.0 Å². The van der Waals surface area contributed by atoms with Gasteiger partial charge >= 0.3 is 5.97 Å². The number of carbonyl (C=O) groups excluding carboxylic acids is 1. The lowest BCUT2D eigenvalue weighted by Gasteiger charge is -2.25. The summed E-state index contributed by atoms with van der Waals surface area (Å²) in [5, 5.41) is 25.1. The molecule has 3 rings (SSSR count). The van der Waals surface area contributed by atoms with Crippen molar-refractivity contribution in [3.05, 3.63) is 82.3 Å². The molecule has 0 spiro atoms. The molecule has 9 heteroatoms. The number of aliphatic carboxylic acids is 1. The van der Waals surface area contributed by atoms with E-state index in [2.05, 4.69) is 24.5 Å². The third kappa shape index (κ3) is 8.12. The maximum atomic E-state index is 12.2. The first-order chi connectivity index (χ1) is 17.7. The van der Waals surface area contributed by atoms with Crippen LogP contribution >= 0.6 is 23.2 Å². The van der Waals surface area contributed by atoms with Gasteiger partial charge in [0.2, 0.25) is 0 Å². The van der Waals surface area contributed by atoms with Gasteiger partial charge in [-0.15, -0.1) is 0 Å². The minimum atomic E-state index is -1.65. The molecular formula is C28H30Cl2N2O5. The fourth-order valence-electron chi connectivity index (χ4n) is 3.58. The number of nitrogens with one attached hydrogen (secondary N) is 2. The molecule has 37 heavy (non-hydrogen) atoms. The van der Waals surface area contributed by atoms with Crippen LogP contribution in [0.4, 0.5) is 5.69 Å². The van der Waals surface area contributed by atoms with Crippen LogP contribution < -0.4 is 15.4 Å². The van der Waals surface area contributed by atoms with Crippen LogP contribution in [0, 0.1) is 5.92 Å². The number of carboxylic acid groups (broad SMARTS) is 1. The monoisotopic (exact) mass is 544 g/mol. The van der Waals surface area contributed by atoms with E-state index in [9.17, 15) is 14.7 Å². The van der Waals surface area contributed by atoms with Crippen molar-refractivity contribution in [3.8, 4) is 16.9 Å². The van der Waals surface area contributed by atoms with Crippen molar-refractivity contribution >= 4 is 40.8 Å². The molecule has 0 aromatic heterocycles. The highest BCUT2D eigenvalue weighted by Gasteiger charge is 2.18. The summed E-state index contributed by atoms with van der Waals surface area (Å²) in [6.07, 6.45) is -0.700. The molecule has 0 saturated heterocycles. The zero-order chi connectivity index (χ0) is 26.9. The first kappa shape index (κ1) is 28.3. The third-order valence-corrected chi connectivity index (χ3v) is 6.64. The lowest BCUT2D eigenvalue weighted by molar-refractivity contribution is -0.146. The number of rotatable bonds is 12. The van der Waals surface area contributed by atoms with Crippen LogP contribution in [0.2, 0.25) is 10.0 Å².